The molecule has 132 valence electrons. The maximum absolute atomic E-state index is 12.7. The van der Waals surface area contributed by atoms with Crippen molar-refractivity contribution in [2.24, 2.45) is 5.41 Å². The molecule has 0 aliphatic carbocycles. The predicted molar refractivity (Wildman–Crippen MR) is 93.9 cm³/mol. The number of carbonyl (C=O) groups excluding carboxylic acids is 1. The monoisotopic (exact) mass is 360 g/mol. The highest BCUT2D eigenvalue weighted by Gasteiger charge is 2.42. The van der Waals surface area contributed by atoms with E-state index in [1.54, 1.807) is 47.4 Å². The lowest BCUT2D eigenvalue weighted by molar-refractivity contribution is -0.147. The summed E-state index contributed by atoms with van der Waals surface area (Å²) in [5.41, 5.74) is 0.490. The highest BCUT2D eigenvalue weighted by Crippen LogP contribution is 2.31. The Kier molecular flexibility index (Phi) is 4.76. The van der Waals surface area contributed by atoms with Crippen molar-refractivity contribution in [3.63, 3.8) is 0 Å². The van der Waals surface area contributed by atoms with E-state index in [2.05, 4.69) is 4.98 Å². The topological polar surface area (TPSA) is 79.7 Å². The van der Waals surface area contributed by atoms with E-state index in [0.29, 0.717) is 30.9 Å². The average Bonchev–Trinajstić information content (AvgIpc) is 3.19. The maximum atomic E-state index is 12.7. The van der Waals surface area contributed by atoms with Gasteiger partial charge in [0, 0.05) is 24.0 Å². The number of likely N-dealkylation sites (tertiary alicyclic amines) is 1. The van der Waals surface area contributed by atoms with Crippen molar-refractivity contribution >= 4 is 23.2 Å². The minimum Gasteiger partial charge on any atom is -0.487 e. The number of carboxylic acids is 1. The summed E-state index contributed by atoms with van der Waals surface area (Å²) < 4.78 is 5.72. The normalized spacial score (nSPS) is 19.8. The summed E-state index contributed by atoms with van der Waals surface area (Å²) in [4.78, 5) is 29.9. The molecule has 1 unspecified atom stereocenters. The predicted octanol–water partition coefficient (Wildman–Crippen LogP) is 2.97. The van der Waals surface area contributed by atoms with Gasteiger partial charge < -0.3 is 14.7 Å². The summed E-state index contributed by atoms with van der Waals surface area (Å²) in [5.74, 6) is -0.435. The molecule has 0 spiro atoms. The minimum absolute atomic E-state index is 0.167. The highest BCUT2D eigenvalue weighted by atomic mass is 32.1. The summed E-state index contributed by atoms with van der Waals surface area (Å²) in [7, 11) is 0. The lowest BCUT2D eigenvalue weighted by Gasteiger charge is -2.20. The first-order valence-electron chi connectivity index (χ1n) is 8.04. The molecule has 25 heavy (non-hydrogen) atoms. The average molecular weight is 360 g/mol. The van der Waals surface area contributed by atoms with E-state index in [-0.39, 0.29) is 12.5 Å². The van der Waals surface area contributed by atoms with Crippen LogP contribution in [0.4, 0.5) is 0 Å². The number of hydrogen-bond donors (Lipinski definition) is 1. The van der Waals surface area contributed by atoms with Gasteiger partial charge in [-0.25, -0.2) is 4.98 Å². The SMILES string of the molecule is Cc1nc(COc2cccc(C(=O)N3CCC(C)(C(=O)O)C3)c2)cs1. The molecule has 1 fully saturated rings. The number of hydrogen-bond acceptors (Lipinski definition) is 5. The van der Waals surface area contributed by atoms with Gasteiger partial charge >= 0.3 is 5.97 Å². The molecular weight excluding hydrogens is 340 g/mol. The highest BCUT2D eigenvalue weighted by molar-refractivity contribution is 7.09. The fraction of sp³-hybridized carbons (Fsp3) is 0.389. The molecule has 1 aromatic heterocycles. The summed E-state index contributed by atoms with van der Waals surface area (Å²) in [5, 5.41) is 12.2. The molecular formula is C18H20N2O4S. The fourth-order valence-electron chi connectivity index (χ4n) is 2.84. The summed E-state index contributed by atoms with van der Waals surface area (Å²) >= 11 is 1.57. The van der Waals surface area contributed by atoms with Gasteiger partial charge in [0.2, 0.25) is 0 Å². The van der Waals surface area contributed by atoms with Crippen molar-refractivity contribution < 1.29 is 19.4 Å². The van der Waals surface area contributed by atoms with Gasteiger partial charge in [0.25, 0.3) is 5.91 Å². The Morgan fingerprint density at radius 1 is 1.44 bits per heavy atom. The summed E-state index contributed by atoms with van der Waals surface area (Å²) in [6.45, 7) is 4.64. The molecule has 1 amide bonds. The maximum Gasteiger partial charge on any atom is 0.311 e. The number of aromatic nitrogens is 1. The number of amides is 1. The van der Waals surface area contributed by atoms with Crippen molar-refractivity contribution in [2.75, 3.05) is 13.1 Å². The van der Waals surface area contributed by atoms with Gasteiger partial charge in [0.15, 0.2) is 0 Å². The smallest absolute Gasteiger partial charge is 0.311 e. The number of carbonyl (C=O) groups is 2. The van der Waals surface area contributed by atoms with Crippen LogP contribution in [0.1, 0.15) is 34.4 Å². The number of carboxylic acid groups (broad SMARTS) is 1. The van der Waals surface area contributed by atoms with Crippen LogP contribution in [0.15, 0.2) is 29.6 Å². The van der Waals surface area contributed by atoms with Crippen molar-refractivity contribution in [3.05, 3.63) is 45.9 Å². The first-order chi connectivity index (χ1) is 11.9. The van der Waals surface area contributed by atoms with E-state index in [9.17, 15) is 14.7 Å². The number of rotatable bonds is 5. The van der Waals surface area contributed by atoms with E-state index < -0.39 is 11.4 Å². The summed E-state index contributed by atoms with van der Waals surface area (Å²) in [6, 6.07) is 6.97. The van der Waals surface area contributed by atoms with E-state index >= 15 is 0 Å². The van der Waals surface area contributed by atoms with Gasteiger partial charge in [0.05, 0.1) is 16.1 Å². The Morgan fingerprint density at radius 3 is 2.88 bits per heavy atom. The number of aryl methyl sites for hydroxylation is 1. The van der Waals surface area contributed by atoms with Crippen molar-refractivity contribution in [1.82, 2.24) is 9.88 Å². The van der Waals surface area contributed by atoms with Crippen molar-refractivity contribution in [2.45, 2.75) is 26.9 Å². The first kappa shape index (κ1) is 17.4. The number of benzene rings is 1. The molecule has 1 saturated heterocycles. The first-order valence-corrected chi connectivity index (χ1v) is 8.92. The second-order valence-corrected chi connectivity index (χ2v) is 7.58. The van der Waals surface area contributed by atoms with Crippen LogP contribution in [-0.2, 0) is 11.4 Å². The van der Waals surface area contributed by atoms with Gasteiger partial charge in [-0.1, -0.05) is 6.07 Å². The van der Waals surface area contributed by atoms with Gasteiger partial charge in [-0.3, -0.25) is 9.59 Å². The van der Waals surface area contributed by atoms with E-state index in [0.717, 1.165) is 10.7 Å². The number of aliphatic carboxylic acids is 1. The van der Waals surface area contributed by atoms with Crippen molar-refractivity contribution in [3.8, 4) is 5.75 Å². The fourth-order valence-corrected chi connectivity index (χ4v) is 3.44. The molecule has 1 atom stereocenters. The summed E-state index contributed by atoms with van der Waals surface area (Å²) in [6.07, 6.45) is 0.466. The van der Waals surface area contributed by atoms with Crippen LogP contribution in [0.2, 0.25) is 0 Å². The zero-order valence-corrected chi connectivity index (χ0v) is 15.0. The van der Waals surface area contributed by atoms with Crippen LogP contribution in [0.5, 0.6) is 5.75 Å². The Morgan fingerprint density at radius 2 is 2.24 bits per heavy atom. The third-order valence-corrected chi connectivity index (χ3v) is 5.23. The van der Waals surface area contributed by atoms with Crippen LogP contribution in [-0.4, -0.2) is 40.0 Å². The third kappa shape index (κ3) is 3.82. The second-order valence-electron chi connectivity index (χ2n) is 6.52. The standard InChI is InChI=1S/C18H20N2O4S/c1-12-19-14(10-25-12)9-24-15-5-3-4-13(8-15)16(21)20-7-6-18(2,11-20)17(22)23/h3-5,8,10H,6-7,9,11H2,1-2H3,(H,22,23). The quantitative estimate of drug-likeness (QED) is 0.887. The molecule has 0 bridgehead atoms. The van der Waals surface area contributed by atoms with Gasteiger partial charge in [-0.2, -0.15) is 0 Å². The third-order valence-electron chi connectivity index (χ3n) is 4.41. The molecule has 1 aromatic carbocycles. The zero-order chi connectivity index (χ0) is 18.0. The Hall–Kier alpha value is -2.41. The van der Waals surface area contributed by atoms with E-state index in [4.69, 9.17) is 4.74 Å². The van der Waals surface area contributed by atoms with Crippen LogP contribution in [0.25, 0.3) is 0 Å². The molecule has 1 aliphatic rings. The Bertz CT molecular complexity index is 804. The Balaban J connectivity index is 1.67. The number of thiazole rings is 1. The molecule has 2 aromatic rings. The number of nitrogens with zero attached hydrogens (tertiary/aromatic N) is 2. The van der Waals surface area contributed by atoms with Crippen LogP contribution in [0.3, 0.4) is 0 Å². The molecule has 1 N–H and O–H groups in total. The van der Waals surface area contributed by atoms with E-state index in [1.165, 1.54) is 0 Å². The van der Waals surface area contributed by atoms with Crippen molar-refractivity contribution in [1.29, 1.82) is 0 Å². The van der Waals surface area contributed by atoms with Crippen LogP contribution >= 0.6 is 11.3 Å². The molecule has 0 radical (unpaired) electrons. The van der Waals surface area contributed by atoms with E-state index in [1.807, 2.05) is 12.3 Å². The molecule has 0 saturated carbocycles. The Labute approximate surface area is 150 Å². The number of ether oxygens (including phenoxy) is 1. The van der Waals surface area contributed by atoms with Gasteiger partial charge in [-0.15, -0.1) is 11.3 Å². The molecule has 1 aliphatic heterocycles. The lowest BCUT2D eigenvalue weighted by atomic mass is 9.90. The molecule has 6 nitrogen and oxygen atoms in total. The molecule has 3 rings (SSSR count). The van der Waals surface area contributed by atoms with Gasteiger partial charge in [-0.05, 0) is 38.5 Å². The minimum atomic E-state index is -0.869. The largest absolute Gasteiger partial charge is 0.487 e. The lowest BCUT2D eigenvalue weighted by Crippen LogP contribution is -2.34. The molecule has 2 heterocycles. The second kappa shape index (κ2) is 6.84. The molecule has 7 heteroatoms. The zero-order valence-electron chi connectivity index (χ0n) is 14.2. The van der Waals surface area contributed by atoms with Gasteiger partial charge in [0.1, 0.15) is 12.4 Å². The van der Waals surface area contributed by atoms with Crippen LogP contribution in [0, 0.1) is 12.3 Å². The van der Waals surface area contributed by atoms with Crippen LogP contribution < -0.4 is 4.74 Å².